The molecule has 0 bridgehead atoms. The number of nitrogens with zero attached hydrogens (tertiary/aromatic N) is 5. The van der Waals surface area contributed by atoms with Gasteiger partial charge in [0.1, 0.15) is 0 Å². The molecule has 1 fully saturated rings. The van der Waals surface area contributed by atoms with E-state index in [1.165, 1.54) is 5.39 Å². The highest BCUT2D eigenvalue weighted by atomic mass is 16.4. The van der Waals surface area contributed by atoms with E-state index in [-0.39, 0.29) is 0 Å². The number of aromatic amines is 2. The van der Waals surface area contributed by atoms with Crippen LogP contribution in [0, 0.1) is 5.92 Å². The van der Waals surface area contributed by atoms with E-state index in [2.05, 4.69) is 85.4 Å². The molecule has 6 rings (SSSR count). The van der Waals surface area contributed by atoms with Crippen LogP contribution >= 0.6 is 0 Å². The van der Waals surface area contributed by atoms with Crippen LogP contribution in [0.1, 0.15) is 19.7 Å². The number of hydrogen-bond acceptors (Lipinski definition) is 6. The van der Waals surface area contributed by atoms with E-state index in [1.807, 2.05) is 12.4 Å². The number of nitrogens with one attached hydrogen (secondary N) is 2. The summed E-state index contributed by atoms with van der Waals surface area (Å²) in [6, 6.07) is 12.6. The second kappa shape index (κ2) is 8.70. The molecule has 0 amide bonds. The molecule has 1 saturated heterocycles. The molecule has 3 aromatic heterocycles. The minimum Gasteiger partial charge on any atom is -0.419 e. The lowest BCUT2D eigenvalue weighted by atomic mass is 9.98. The van der Waals surface area contributed by atoms with Crippen LogP contribution in [0.5, 0.6) is 0 Å². The minimum atomic E-state index is 0.530. The molecule has 8 heteroatoms. The van der Waals surface area contributed by atoms with Gasteiger partial charge in [-0.3, -0.25) is 10.00 Å². The van der Waals surface area contributed by atoms with Gasteiger partial charge < -0.3 is 14.3 Å². The molecule has 4 heterocycles. The van der Waals surface area contributed by atoms with E-state index in [4.69, 9.17) is 4.42 Å². The lowest BCUT2D eigenvalue weighted by molar-refractivity contribution is 0.110. The highest BCUT2D eigenvalue weighted by Gasteiger charge is 2.21. The van der Waals surface area contributed by atoms with Gasteiger partial charge in [-0.25, -0.2) is 0 Å². The summed E-state index contributed by atoms with van der Waals surface area (Å²) in [4.78, 5) is 8.22. The van der Waals surface area contributed by atoms with Crippen LogP contribution in [0.2, 0.25) is 0 Å². The maximum Gasteiger partial charge on any atom is 0.248 e. The van der Waals surface area contributed by atoms with E-state index in [9.17, 15) is 0 Å². The number of hydrogen-bond donors (Lipinski definition) is 2. The number of rotatable bonds is 6. The monoisotopic (exact) mass is 455 g/mol. The van der Waals surface area contributed by atoms with Gasteiger partial charge in [-0.05, 0) is 41.3 Å². The summed E-state index contributed by atoms with van der Waals surface area (Å²) >= 11 is 0. The predicted molar refractivity (Wildman–Crippen MR) is 133 cm³/mol. The van der Waals surface area contributed by atoms with Crippen molar-refractivity contribution in [3.05, 3.63) is 54.7 Å². The molecular formula is C26H29N7O. The maximum atomic E-state index is 6.18. The Morgan fingerprint density at radius 1 is 0.941 bits per heavy atom. The van der Waals surface area contributed by atoms with Crippen LogP contribution in [0.3, 0.4) is 0 Å². The summed E-state index contributed by atoms with van der Waals surface area (Å²) in [5.41, 5.74) is 5.18. The summed E-state index contributed by atoms with van der Waals surface area (Å²) in [6.07, 6.45) is 3.79. The zero-order valence-corrected chi connectivity index (χ0v) is 19.6. The molecule has 174 valence electrons. The Bertz CT molecular complexity index is 1420. The first kappa shape index (κ1) is 21.1. The van der Waals surface area contributed by atoms with Gasteiger partial charge in [0.05, 0.1) is 23.8 Å². The number of aromatic nitrogens is 5. The van der Waals surface area contributed by atoms with Crippen LogP contribution in [-0.2, 0) is 6.54 Å². The molecule has 0 atom stereocenters. The molecule has 0 aliphatic carbocycles. The Hall–Kier alpha value is -3.49. The largest absolute Gasteiger partial charge is 0.419 e. The summed E-state index contributed by atoms with van der Waals surface area (Å²) in [5, 5.41) is 18.3. The summed E-state index contributed by atoms with van der Waals surface area (Å²) in [5.74, 6) is 1.88. The average molecular weight is 456 g/mol. The minimum absolute atomic E-state index is 0.530. The van der Waals surface area contributed by atoms with Gasteiger partial charge in [0, 0.05) is 55.2 Å². The van der Waals surface area contributed by atoms with Gasteiger partial charge in [-0.1, -0.05) is 26.0 Å². The fourth-order valence-electron chi connectivity index (χ4n) is 4.98. The van der Waals surface area contributed by atoms with Crippen molar-refractivity contribution >= 4 is 21.8 Å². The van der Waals surface area contributed by atoms with Crippen LogP contribution in [0.25, 0.3) is 44.4 Å². The smallest absolute Gasteiger partial charge is 0.248 e. The third kappa shape index (κ3) is 3.99. The number of fused-ring (bicyclic) bond motifs is 2. The maximum absolute atomic E-state index is 6.18. The summed E-state index contributed by atoms with van der Waals surface area (Å²) in [7, 11) is 0. The Kier molecular flexibility index (Phi) is 5.39. The van der Waals surface area contributed by atoms with Gasteiger partial charge in [0.2, 0.25) is 11.8 Å². The Morgan fingerprint density at radius 2 is 1.79 bits per heavy atom. The number of H-pyrrole nitrogens is 2. The van der Waals surface area contributed by atoms with Crippen LogP contribution in [0.4, 0.5) is 0 Å². The lowest BCUT2D eigenvalue weighted by Crippen LogP contribution is -2.46. The third-order valence-corrected chi connectivity index (χ3v) is 6.61. The Labute approximate surface area is 198 Å². The fraction of sp³-hybridized carbons (Fsp3) is 0.346. The molecule has 2 aromatic carbocycles. The lowest BCUT2D eigenvalue weighted by Gasteiger charge is -2.34. The first-order valence-corrected chi connectivity index (χ1v) is 11.9. The second-order valence-electron chi connectivity index (χ2n) is 9.57. The molecule has 8 nitrogen and oxygen atoms in total. The summed E-state index contributed by atoms with van der Waals surface area (Å²) in [6.45, 7) is 10.6. The van der Waals surface area contributed by atoms with Crippen molar-refractivity contribution in [2.45, 2.75) is 20.4 Å². The second-order valence-corrected chi connectivity index (χ2v) is 9.57. The quantitative estimate of drug-likeness (QED) is 0.391. The molecular weight excluding hydrogens is 426 g/mol. The Balaban J connectivity index is 1.28. The molecule has 1 aliphatic heterocycles. The molecule has 0 saturated carbocycles. The molecule has 0 unspecified atom stereocenters. The van der Waals surface area contributed by atoms with E-state index < -0.39 is 0 Å². The zero-order chi connectivity index (χ0) is 23.1. The van der Waals surface area contributed by atoms with E-state index in [1.54, 1.807) is 0 Å². The zero-order valence-electron chi connectivity index (χ0n) is 19.6. The number of benzene rings is 2. The highest BCUT2D eigenvalue weighted by molar-refractivity contribution is 6.01. The van der Waals surface area contributed by atoms with Crippen molar-refractivity contribution < 1.29 is 4.42 Å². The van der Waals surface area contributed by atoms with Gasteiger partial charge in [0.25, 0.3) is 0 Å². The summed E-state index contributed by atoms with van der Waals surface area (Å²) < 4.78 is 6.18. The molecule has 1 aliphatic rings. The highest BCUT2D eigenvalue weighted by Crippen LogP contribution is 2.35. The average Bonchev–Trinajstić information content (AvgIpc) is 3.59. The Morgan fingerprint density at radius 3 is 2.65 bits per heavy atom. The fourth-order valence-corrected chi connectivity index (χ4v) is 4.98. The predicted octanol–water partition coefficient (Wildman–Crippen LogP) is 4.53. The molecule has 5 aromatic rings. The standard InChI is InChI=1S/C26H29N7O/c1-17(2)15-32-8-10-33(11-9-32)16-25-30-31-26(34-25)21-12-18(13-24-22(21)14-28-29-24)19-4-3-5-23-20(19)6-7-27-23/h3-7,12-14,17,27H,8-11,15-16H2,1-2H3,(H,28,29). The van der Waals surface area contributed by atoms with Crippen LogP contribution < -0.4 is 0 Å². The molecule has 0 radical (unpaired) electrons. The van der Waals surface area contributed by atoms with Crippen molar-refractivity contribution in [2.75, 3.05) is 32.7 Å². The van der Waals surface area contributed by atoms with Crippen molar-refractivity contribution in [1.29, 1.82) is 0 Å². The first-order valence-electron chi connectivity index (χ1n) is 11.9. The van der Waals surface area contributed by atoms with Crippen molar-refractivity contribution in [1.82, 2.24) is 35.2 Å². The molecule has 2 N–H and O–H groups in total. The SMILES string of the molecule is CC(C)CN1CCN(Cc2nnc(-c3cc(-c4cccc5[nH]ccc45)cc4[nH]ncc34)o2)CC1. The molecule has 34 heavy (non-hydrogen) atoms. The van der Waals surface area contributed by atoms with Crippen molar-refractivity contribution in [3.63, 3.8) is 0 Å². The van der Waals surface area contributed by atoms with Crippen LogP contribution in [-0.4, -0.2) is 67.9 Å². The van der Waals surface area contributed by atoms with E-state index in [0.29, 0.717) is 24.2 Å². The topological polar surface area (TPSA) is 89.9 Å². The molecule has 0 spiro atoms. The number of piperazine rings is 1. The third-order valence-electron chi connectivity index (χ3n) is 6.61. The van der Waals surface area contributed by atoms with Gasteiger partial charge in [0.15, 0.2) is 0 Å². The van der Waals surface area contributed by atoms with Gasteiger partial charge in [-0.2, -0.15) is 5.10 Å². The van der Waals surface area contributed by atoms with Crippen molar-refractivity contribution in [2.24, 2.45) is 5.92 Å². The first-order chi connectivity index (χ1) is 16.6. The van der Waals surface area contributed by atoms with E-state index >= 15 is 0 Å². The van der Waals surface area contributed by atoms with E-state index in [0.717, 1.165) is 65.8 Å². The normalized spacial score (nSPS) is 15.7. The van der Waals surface area contributed by atoms with Gasteiger partial charge >= 0.3 is 0 Å². The van der Waals surface area contributed by atoms with Crippen molar-refractivity contribution in [3.8, 4) is 22.6 Å². The van der Waals surface area contributed by atoms with Crippen LogP contribution in [0.15, 0.2) is 53.2 Å². The van der Waals surface area contributed by atoms with Gasteiger partial charge in [-0.15, -0.1) is 10.2 Å².